The minimum atomic E-state index is 0.213. The number of hydrogen-bond acceptors (Lipinski definition) is 3. The van der Waals surface area contributed by atoms with Gasteiger partial charge in [-0.15, -0.1) is 0 Å². The predicted molar refractivity (Wildman–Crippen MR) is 68.9 cm³/mol. The highest BCUT2D eigenvalue weighted by Crippen LogP contribution is 2.21. The molecular formula is C13H25N3O. The molecule has 98 valence electrons. The number of piperidine rings is 1. The minimum Gasteiger partial charge on any atom is -0.352 e. The Balaban J connectivity index is 1.75. The summed E-state index contributed by atoms with van der Waals surface area (Å²) in [6.45, 7) is 4.92. The first-order valence-electron chi connectivity index (χ1n) is 6.92. The molecule has 0 aromatic carbocycles. The van der Waals surface area contributed by atoms with E-state index in [2.05, 4.69) is 22.5 Å². The van der Waals surface area contributed by atoms with Crippen LogP contribution in [-0.4, -0.2) is 49.6 Å². The Morgan fingerprint density at radius 1 is 1.35 bits per heavy atom. The third kappa shape index (κ3) is 3.68. The van der Waals surface area contributed by atoms with Gasteiger partial charge in [-0.1, -0.05) is 13.3 Å². The molecule has 1 aliphatic carbocycles. The summed E-state index contributed by atoms with van der Waals surface area (Å²) < 4.78 is 0. The molecule has 2 fully saturated rings. The van der Waals surface area contributed by atoms with Crippen LogP contribution in [0.15, 0.2) is 0 Å². The van der Waals surface area contributed by atoms with E-state index in [0.717, 1.165) is 19.5 Å². The lowest BCUT2D eigenvalue weighted by Crippen LogP contribution is -2.50. The zero-order valence-electron chi connectivity index (χ0n) is 11.0. The topological polar surface area (TPSA) is 44.4 Å². The van der Waals surface area contributed by atoms with Crippen molar-refractivity contribution in [2.45, 2.75) is 44.7 Å². The van der Waals surface area contributed by atoms with Crippen LogP contribution in [0.4, 0.5) is 0 Å². The average Bonchev–Trinajstić information content (AvgIpc) is 3.12. The van der Waals surface area contributed by atoms with E-state index in [9.17, 15) is 4.79 Å². The number of carbonyl (C=O) groups excluding carboxylic acids is 1. The van der Waals surface area contributed by atoms with Gasteiger partial charge in [0.2, 0.25) is 5.91 Å². The van der Waals surface area contributed by atoms with Crippen molar-refractivity contribution in [1.29, 1.82) is 0 Å². The molecule has 2 atom stereocenters. The van der Waals surface area contributed by atoms with Gasteiger partial charge in [-0.3, -0.25) is 9.69 Å². The van der Waals surface area contributed by atoms with Crippen LogP contribution in [0.2, 0.25) is 0 Å². The predicted octanol–water partition coefficient (Wildman–Crippen LogP) is 0.585. The summed E-state index contributed by atoms with van der Waals surface area (Å²) in [4.78, 5) is 14.0. The van der Waals surface area contributed by atoms with Crippen molar-refractivity contribution in [3.05, 3.63) is 0 Å². The van der Waals surface area contributed by atoms with Gasteiger partial charge in [0, 0.05) is 25.2 Å². The zero-order chi connectivity index (χ0) is 12.3. The van der Waals surface area contributed by atoms with Crippen molar-refractivity contribution in [1.82, 2.24) is 15.5 Å². The van der Waals surface area contributed by atoms with E-state index >= 15 is 0 Å². The van der Waals surface area contributed by atoms with Gasteiger partial charge in [-0.2, -0.15) is 0 Å². The summed E-state index contributed by atoms with van der Waals surface area (Å²) in [5, 5.41) is 6.46. The Morgan fingerprint density at radius 2 is 2.12 bits per heavy atom. The zero-order valence-corrected chi connectivity index (χ0v) is 11.0. The van der Waals surface area contributed by atoms with Gasteiger partial charge in [-0.05, 0) is 32.2 Å². The number of likely N-dealkylation sites (tertiary alicyclic amines) is 1. The number of nitrogens with one attached hydrogen (secondary N) is 2. The lowest BCUT2D eigenvalue weighted by Gasteiger charge is -2.37. The average molecular weight is 239 g/mol. The molecule has 0 bridgehead atoms. The SMILES string of the molecule is CCC1CN(CC(=O)NC2CC2)CCC1NC. The second-order valence-corrected chi connectivity index (χ2v) is 5.43. The smallest absolute Gasteiger partial charge is 0.234 e. The normalized spacial score (nSPS) is 30.2. The van der Waals surface area contributed by atoms with Crippen LogP contribution in [0.1, 0.15) is 32.6 Å². The Hall–Kier alpha value is -0.610. The van der Waals surface area contributed by atoms with E-state index in [0.29, 0.717) is 24.5 Å². The maximum Gasteiger partial charge on any atom is 0.234 e. The van der Waals surface area contributed by atoms with Crippen LogP contribution in [0, 0.1) is 5.92 Å². The van der Waals surface area contributed by atoms with E-state index in [1.807, 2.05) is 7.05 Å². The maximum absolute atomic E-state index is 11.7. The Labute approximate surface area is 104 Å². The van der Waals surface area contributed by atoms with Crippen molar-refractivity contribution >= 4 is 5.91 Å². The highest BCUT2D eigenvalue weighted by molar-refractivity contribution is 5.78. The first-order valence-corrected chi connectivity index (χ1v) is 6.92. The van der Waals surface area contributed by atoms with Gasteiger partial charge in [0.05, 0.1) is 6.54 Å². The van der Waals surface area contributed by atoms with Crippen LogP contribution in [-0.2, 0) is 4.79 Å². The van der Waals surface area contributed by atoms with Crippen molar-refractivity contribution in [2.75, 3.05) is 26.7 Å². The van der Waals surface area contributed by atoms with Gasteiger partial charge in [-0.25, -0.2) is 0 Å². The second-order valence-electron chi connectivity index (χ2n) is 5.43. The maximum atomic E-state index is 11.7. The standard InChI is InChI=1S/C13H25N3O/c1-3-10-8-16(7-6-12(10)14-2)9-13(17)15-11-4-5-11/h10-12,14H,3-9H2,1-2H3,(H,15,17). The highest BCUT2D eigenvalue weighted by Gasteiger charge is 2.29. The first-order chi connectivity index (χ1) is 8.22. The fourth-order valence-corrected chi connectivity index (χ4v) is 2.75. The van der Waals surface area contributed by atoms with Crippen molar-refractivity contribution in [3.63, 3.8) is 0 Å². The number of rotatable bonds is 5. The molecule has 2 unspecified atom stereocenters. The summed E-state index contributed by atoms with van der Waals surface area (Å²) in [7, 11) is 2.04. The van der Waals surface area contributed by atoms with Crippen molar-refractivity contribution in [2.24, 2.45) is 5.92 Å². The number of hydrogen-bond donors (Lipinski definition) is 2. The molecule has 0 radical (unpaired) electrons. The fraction of sp³-hybridized carbons (Fsp3) is 0.923. The molecular weight excluding hydrogens is 214 g/mol. The molecule has 1 heterocycles. The summed E-state index contributed by atoms with van der Waals surface area (Å²) in [5.74, 6) is 0.896. The highest BCUT2D eigenvalue weighted by atomic mass is 16.2. The lowest BCUT2D eigenvalue weighted by atomic mass is 9.90. The number of carbonyl (C=O) groups is 1. The van der Waals surface area contributed by atoms with E-state index in [-0.39, 0.29) is 5.91 Å². The molecule has 0 aromatic heterocycles. The van der Waals surface area contributed by atoms with Crippen LogP contribution in [0.3, 0.4) is 0 Å². The van der Waals surface area contributed by atoms with Crippen LogP contribution < -0.4 is 10.6 Å². The van der Waals surface area contributed by atoms with E-state index in [1.54, 1.807) is 0 Å². The van der Waals surface area contributed by atoms with Gasteiger partial charge in [0.15, 0.2) is 0 Å². The van der Waals surface area contributed by atoms with Crippen LogP contribution in [0.5, 0.6) is 0 Å². The molecule has 1 aliphatic heterocycles. The van der Waals surface area contributed by atoms with Crippen LogP contribution in [0.25, 0.3) is 0 Å². The lowest BCUT2D eigenvalue weighted by molar-refractivity contribution is -0.122. The molecule has 17 heavy (non-hydrogen) atoms. The van der Waals surface area contributed by atoms with E-state index in [1.165, 1.54) is 19.3 Å². The molecule has 4 nitrogen and oxygen atoms in total. The summed E-state index contributed by atoms with van der Waals surface area (Å²) >= 11 is 0. The van der Waals surface area contributed by atoms with Crippen LogP contribution >= 0.6 is 0 Å². The number of nitrogens with zero attached hydrogens (tertiary/aromatic N) is 1. The van der Waals surface area contributed by atoms with E-state index < -0.39 is 0 Å². The molecule has 2 aliphatic rings. The third-order valence-electron chi connectivity index (χ3n) is 4.02. The van der Waals surface area contributed by atoms with Crippen molar-refractivity contribution < 1.29 is 4.79 Å². The first kappa shape index (κ1) is 12.8. The summed E-state index contributed by atoms with van der Waals surface area (Å²) in [6.07, 6.45) is 4.69. The van der Waals surface area contributed by atoms with Gasteiger partial charge in [0.1, 0.15) is 0 Å². The molecule has 1 amide bonds. The molecule has 2 N–H and O–H groups in total. The quantitative estimate of drug-likeness (QED) is 0.738. The van der Waals surface area contributed by atoms with Gasteiger partial charge >= 0.3 is 0 Å². The monoisotopic (exact) mass is 239 g/mol. The molecule has 1 saturated heterocycles. The largest absolute Gasteiger partial charge is 0.352 e. The Kier molecular flexibility index (Phi) is 4.40. The second kappa shape index (κ2) is 5.83. The molecule has 4 heteroatoms. The third-order valence-corrected chi connectivity index (χ3v) is 4.02. The number of amides is 1. The fourth-order valence-electron chi connectivity index (χ4n) is 2.75. The molecule has 1 saturated carbocycles. The molecule has 0 spiro atoms. The van der Waals surface area contributed by atoms with E-state index in [4.69, 9.17) is 0 Å². The Morgan fingerprint density at radius 3 is 2.71 bits per heavy atom. The summed E-state index contributed by atoms with van der Waals surface area (Å²) in [5.41, 5.74) is 0. The minimum absolute atomic E-state index is 0.213. The molecule has 0 aromatic rings. The Bertz CT molecular complexity index is 265. The van der Waals surface area contributed by atoms with Gasteiger partial charge < -0.3 is 10.6 Å². The molecule has 2 rings (SSSR count). The summed E-state index contributed by atoms with van der Waals surface area (Å²) in [6, 6.07) is 1.11. The van der Waals surface area contributed by atoms with Gasteiger partial charge in [0.25, 0.3) is 0 Å². The van der Waals surface area contributed by atoms with Crippen molar-refractivity contribution in [3.8, 4) is 0 Å².